The Morgan fingerprint density at radius 2 is 1.64 bits per heavy atom. The Morgan fingerprint density at radius 1 is 0.881 bits per heavy atom. The van der Waals surface area contributed by atoms with Crippen molar-refractivity contribution in [2.24, 2.45) is 5.10 Å². The van der Waals surface area contributed by atoms with Crippen LogP contribution in [-0.2, 0) is 11.4 Å². The van der Waals surface area contributed by atoms with Crippen LogP contribution in [0, 0.1) is 0 Å². The van der Waals surface area contributed by atoms with Gasteiger partial charge in [0, 0.05) is 11.3 Å². The number of para-hydroxylation sites is 1. The Hall–Kier alpha value is -5.09. The molecule has 42 heavy (non-hydrogen) atoms. The Balaban J connectivity index is 1.24. The second-order valence-electron chi connectivity index (χ2n) is 8.98. The van der Waals surface area contributed by atoms with Crippen LogP contribution in [0.4, 0.5) is 0 Å². The summed E-state index contributed by atoms with van der Waals surface area (Å²) in [7, 11) is 3.18. The van der Waals surface area contributed by atoms with E-state index in [0.29, 0.717) is 29.1 Å². The summed E-state index contributed by atoms with van der Waals surface area (Å²) < 4.78 is 18.6. The highest BCUT2D eigenvalue weighted by molar-refractivity contribution is 7.99. The second-order valence-corrected chi connectivity index (χ2v) is 9.92. The summed E-state index contributed by atoms with van der Waals surface area (Å²) in [4.78, 5) is 12.7. The van der Waals surface area contributed by atoms with Crippen molar-refractivity contribution < 1.29 is 19.0 Å². The van der Waals surface area contributed by atoms with Crippen molar-refractivity contribution in [1.29, 1.82) is 0 Å². The highest BCUT2D eigenvalue weighted by Gasteiger charge is 2.18. The molecule has 0 unspecified atom stereocenters. The minimum Gasteiger partial charge on any atom is -0.493 e. The Kier molecular flexibility index (Phi) is 9.48. The average Bonchev–Trinajstić information content (AvgIpc) is 3.47. The van der Waals surface area contributed by atoms with Gasteiger partial charge in [-0.2, -0.15) is 5.10 Å². The fourth-order valence-corrected chi connectivity index (χ4v) is 4.85. The van der Waals surface area contributed by atoms with Gasteiger partial charge in [0.1, 0.15) is 12.4 Å². The Morgan fingerprint density at radius 3 is 2.40 bits per heavy atom. The molecule has 1 amide bonds. The maximum absolute atomic E-state index is 12.7. The lowest BCUT2D eigenvalue weighted by Gasteiger charge is -2.12. The van der Waals surface area contributed by atoms with Crippen molar-refractivity contribution in [3.05, 3.63) is 114 Å². The molecule has 0 fully saturated rings. The zero-order chi connectivity index (χ0) is 29.1. The largest absolute Gasteiger partial charge is 0.493 e. The van der Waals surface area contributed by atoms with Gasteiger partial charge >= 0.3 is 0 Å². The lowest BCUT2D eigenvalue weighted by atomic mass is 10.2. The third-order valence-electron chi connectivity index (χ3n) is 6.13. The van der Waals surface area contributed by atoms with Crippen LogP contribution < -0.4 is 19.6 Å². The molecule has 1 aromatic heterocycles. The van der Waals surface area contributed by atoms with Gasteiger partial charge in [-0.15, -0.1) is 10.2 Å². The van der Waals surface area contributed by atoms with Crippen LogP contribution in [0.25, 0.3) is 17.1 Å². The molecule has 5 rings (SSSR count). The molecule has 10 heteroatoms. The average molecular weight is 580 g/mol. The van der Waals surface area contributed by atoms with Gasteiger partial charge in [-0.3, -0.25) is 9.36 Å². The van der Waals surface area contributed by atoms with Gasteiger partial charge in [-0.05, 0) is 53.6 Å². The lowest BCUT2D eigenvalue weighted by Crippen LogP contribution is -2.20. The van der Waals surface area contributed by atoms with Gasteiger partial charge in [0.25, 0.3) is 5.91 Å². The highest BCUT2D eigenvalue weighted by atomic mass is 32.2. The van der Waals surface area contributed by atoms with Crippen molar-refractivity contribution >= 4 is 23.9 Å². The quantitative estimate of drug-likeness (QED) is 0.114. The van der Waals surface area contributed by atoms with E-state index in [1.807, 2.05) is 108 Å². The minimum atomic E-state index is -0.275. The number of aromatic nitrogens is 3. The van der Waals surface area contributed by atoms with E-state index >= 15 is 0 Å². The molecule has 212 valence electrons. The maximum Gasteiger partial charge on any atom is 0.250 e. The van der Waals surface area contributed by atoms with E-state index in [1.165, 1.54) is 11.8 Å². The molecule has 9 nitrogen and oxygen atoms in total. The van der Waals surface area contributed by atoms with Crippen LogP contribution in [0.5, 0.6) is 17.2 Å². The third kappa shape index (κ3) is 7.15. The van der Waals surface area contributed by atoms with E-state index in [2.05, 4.69) is 20.7 Å². The van der Waals surface area contributed by atoms with Crippen LogP contribution in [0.3, 0.4) is 0 Å². The van der Waals surface area contributed by atoms with Crippen LogP contribution in [0.2, 0.25) is 0 Å². The topological polar surface area (TPSA) is 99.9 Å². The number of amides is 1. The monoisotopic (exact) mass is 579 g/mol. The second kappa shape index (κ2) is 14.0. The fourth-order valence-electron chi connectivity index (χ4n) is 4.10. The molecule has 0 spiro atoms. The summed E-state index contributed by atoms with van der Waals surface area (Å²) in [6, 6.07) is 32.8. The molecule has 1 heterocycles. The van der Waals surface area contributed by atoms with Crippen molar-refractivity contribution in [3.63, 3.8) is 0 Å². The zero-order valence-corrected chi connectivity index (χ0v) is 24.0. The standard InChI is InChI=1S/C32H29N5O4S/c1-39-28-17-16-25(19-29(28)40-2)31-35-36-32(37(31)26-13-7-4-8-14-26)42-22-30(38)34-33-20-24-12-9-15-27(18-24)41-21-23-10-5-3-6-11-23/h3-20H,21-22H2,1-2H3,(H,34,38)/b33-20+. The maximum atomic E-state index is 12.7. The molecule has 0 aliphatic heterocycles. The number of rotatable bonds is 12. The smallest absolute Gasteiger partial charge is 0.250 e. The summed E-state index contributed by atoms with van der Waals surface area (Å²) in [5.74, 6) is 2.34. The first-order valence-electron chi connectivity index (χ1n) is 13.1. The summed E-state index contributed by atoms with van der Waals surface area (Å²) in [6.07, 6.45) is 1.58. The number of carbonyl (C=O) groups excluding carboxylic acids is 1. The third-order valence-corrected chi connectivity index (χ3v) is 7.06. The fraction of sp³-hybridized carbons (Fsp3) is 0.125. The molecule has 0 aliphatic carbocycles. The summed E-state index contributed by atoms with van der Waals surface area (Å²) in [5.41, 5.74) is 6.13. The normalized spacial score (nSPS) is 10.9. The molecular formula is C32H29N5O4S. The Bertz CT molecular complexity index is 1660. The zero-order valence-electron chi connectivity index (χ0n) is 23.1. The highest BCUT2D eigenvalue weighted by Crippen LogP contribution is 2.34. The molecule has 5 aromatic rings. The number of benzene rings is 4. The van der Waals surface area contributed by atoms with E-state index in [4.69, 9.17) is 14.2 Å². The van der Waals surface area contributed by atoms with E-state index in [9.17, 15) is 4.79 Å². The summed E-state index contributed by atoms with van der Waals surface area (Å²) >= 11 is 1.26. The van der Waals surface area contributed by atoms with E-state index in [0.717, 1.165) is 28.1 Å². The van der Waals surface area contributed by atoms with E-state index < -0.39 is 0 Å². The number of hydrogen-bond donors (Lipinski definition) is 1. The first kappa shape index (κ1) is 28.4. The predicted octanol–water partition coefficient (Wildman–Crippen LogP) is 5.77. The number of methoxy groups -OCH3 is 2. The van der Waals surface area contributed by atoms with Crippen molar-refractivity contribution in [2.45, 2.75) is 11.8 Å². The van der Waals surface area contributed by atoms with Crippen LogP contribution in [0.1, 0.15) is 11.1 Å². The molecule has 0 aliphatic rings. The van der Waals surface area contributed by atoms with E-state index in [1.54, 1.807) is 20.4 Å². The van der Waals surface area contributed by atoms with Gasteiger partial charge in [0.15, 0.2) is 22.5 Å². The molecule has 0 bridgehead atoms. The number of carbonyl (C=O) groups is 1. The van der Waals surface area contributed by atoms with Crippen molar-refractivity contribution in [3.8, 4) is 34.3 Å². The number of nitrogens with zero attached hydrogens (tertiary/aromatic N) is 4. The molecule has 0 saturated heterocycles. The number of hydrazone groups is 1. The van der Waals surface area contributed by atoms with Crippen molar-refractivity contribution in [2.75, 3.05) is 20.0 Å². The molecular weight excluding hydrogens is 550 g/mol. The van der Waals surface area contributed by atoms with Crippen molar-refractivity contribution in [1.82, 2.24) is 20.2 Å². The molecule has 1 N–H and O–H groups in total. The van der Waals surface area contributed by atoms with Gasteiger partial charge in [-0.25, -0.2) is 5.43 Å². The lowest BCUT2D eigenvalue weighted by molar-refractivity contribution is -0.118. The summed E-state index contributed by atoms with van der Waals surface area (Å²) in [6.45, 7) is 0.469. The van der Waals surface area contributed by atoms with Gasteiger partial charge in [0.05, 0.1) is 26.2 Å². The first-order chi connectivity index (χ1) is 20.6. The SMILES string of the molecule is COc1ccc(-c2nnc(SCC(=O)N/N=C/c3cccc(OCc4ccccc4)c3)n2-c2ccccc2)cc1OC. The first-order valence-corrected chi connectivity index (χ1v) is 14.1. The van der Waals surface area contributed by atoms with Gasteiger partial charge < -0.3 is 14.2 Å². The molecule has 0 atom stereocenters. The summed E-state index contributed by atoms with van der Waals surface area (Å²) in [5, 5.41) is 13.5. The Labute approximate surface area is 248 Å². The van der Waals surface area contributed by atoms with Crippen LogP contribution >= 0.6 is 11.8 Å². The minimum absolute atomic E-state index is 0.0917. The van der Waals surface area contributed by atoms with Crippen LogP contribution in [-0.4, -0.2) is 46.9 Å². The van der Waals surface area contributed by atoms with Gasteiger partial charge in [0.2, 0.25) is 0 Å². The molecule has 0 saturated carbocycles. The van der Waals surface area contributed by atoms with Gasteiger partial charge in [-0.1, -0.05) is 72.4 Å². The number of hydrogen-bond acceptors (Lipinski definition) is 8. The van der Waals surface area contributed by atoms with E-state index in [-0.39, 0.29) is 11.7 Å². The van der Waals surface area contributed by atoms with Crippen LogP contribution in [0.15, 0.2) is 113 Å². The number of nitrogens with one attached hydrogen (secondary N) is 1. The number of thioether (sulfide) groups is 1. The molecule has 0 radical (unpaired) electrons. The number of ether oxygens (including phenoxy) is 3. The molecule has 4 aromatic carbocycles. The predicted molar refractivity (Wildman–Crippen MR) is 164 cm³/mol.